The van der Waals surface area contributed by atoms with Gasteiger partial charge in [0, 0.05) is 37.7 Å². The third-order valence-electron chi connectivity index (χ3n) is 11.7. The molecule has 4 unspecified atom stereocenters. The Kier molecular flexibility index (Phi) is 14.5. The summed E-state index contributed by atoms with van der Waals surface area (Å²) in [6.07, 6.45) is -3.66. The predicted molar refractivity (Wildman–Crippen MR) is 196 cm³/mol. The van der Waals surface area contributed by atoms with Gasteiger partial charge in [-0.25, -0.2) is 9.18 Å². The van der Waals surface area contributed by atoms with Crippen LogP contribution in [0.2, 0.25) is 0 Å². The summed E-state index contributed by atoms with van der Waals surface area (Å²) in [6.45, 7) is 15.6. The zero-order valence-electron chi connectivity index (χ0n) is 33.3. The third-order valence-corrected chi connectivity index (χ3v) is 11.7. The monoisotopic (exact) mass is 750 g/mol. The van der Waals surface area contributed by atoms with Crippen LogP contribution in [0.1, 0.15) is 86.3 Å². The highest BCUT2D eigenvalue weighted by Gasteiger charge is 2.55. The molecule has 3 heterocycles. The average molecular weight is 751 g/mol. The summed E-state index contributed by atoms with van der Waals surface area (Å²) >= 11 is 0. The minimum atomic E-state index is -1.19. The number of fused-ring (bicyclic) bond motifs is 1. The Morgan fingerprint density at radius 3 is 2.38 bits per heavy atom. The van der Waals surface area contributed by atoms with Crippen LogP contribution in [0.5, 0.6) is 0 Å². The number of esters is 1. The molecule has 1 amide bonds. The van der Waals surface area contributed by atoms with Crippen LogP contribution in [0, 0.1) is 23.6 Å². The predicted octanol–water partition coefficient (Wildman–Crippen LogP) is 3.72. The Hall–Kier alpha value is -2.72. The second kappa shape index (κ2) is 17.8. The number of aliphatic hydroxyl groups is 1. The molecule has 1 aromatic rings. The van der Waals surface area contributed by atoms with E-state index in [2.05, 4.69) is 22.9 Å². The molecule has 3 aliphatic heterocycles. The molecule has 14 atom stereocenters. The van der Waals surface area contributed by atoms with Crippen molar-refractivity contribution in [1.82, 2.24) is 20.9 Å². The summed E-state index contributed by atoms with van der Waals surface area (Å²) in [6, 6.07) is 5.10. The lowest BCUT2D eigenvalue weighted by molar-refractivity contribution is -0.297. The number of Topliss-reactive ketones (excluding diaryl/α,β-unsaturated/α-hetero) is 1. The number of nitrogens with one attached hydrogen (secondary N) is 3. The molecule has 0 aromatic heterocycles. The number of methoxy groups -OCH3 is 1. The molecule has 0 aliphatic carbocycles. The number of rotatable bonds is 9. The highest BCUT2D eigenvalue weighted by Crippen LogP contribution is 2.38. The fraction of sp³-hybridized carbons (Fsp3) is 0.769. The summed E-state index contributed by atoms with van der Waals surface area (Å²) in [5.74, 6) is -3.56. The fourth-order valence-corrected chi connectivity index (χ4v) is 8.33. The van der Waals surface area contributed by atoms with Crippen LogP contribution in [0.4, 0.5) is 9.18 Å². The zero-order valence-corrected chi connectivity index (χ0v) is 33.3. The second-order valence-corrected chi connectivity index (χ2v) is 16.1. The van der Waals surface area contributed by atoms with E-state index in [0.717, 1.165) is 5.56 Å². The Labute approximate surface area is 314 Å². The van der Waals surface area contributed by atoms with E-state index < -0.39 is 71.5 Å². The van der Waals surface area contributed by atoms with Gasteiger partial charge in [-0.3, -0.25) is 9.59 Å². The van der Waals surface area contributed by atoms with Crippen molar-refractivity contribution in [2.24, 2.45) is 17.8 Å². The van der Waals surface area contributed by atoms with Crippen LogP contribution in [0.3, 0.4) is 0 Å². The van der Waals surface area contributed by atoms with Crippen LogP contribution >= 0.6 is 0 Å². The van der Waals surface area contributed by atoms with Gasteiger partial charge in [0.25, 0.3) is 0 Å². The molecule has 0 spiro atoms. The van der Waals surface area contributed by atoms with E-state index in [1.807, 2.05) is 46.7 Å². The van der Waals surface area contributed by atoms with Gasteiger partial charge in [0.2, 0.25) is 0 Å². The van der Waals surface area contributed by atoms with E-state index in [4.69, 9.17) is 23.7 Å². The maximum absolute atomic E-state index is 14.3. The summed E-state index contributed by atoms with van der Waals surface area (Å²) in [5.41, 5.74) is -1.34. The van der Waals surface area contributed by atoms with Crippen molar-refractivity contribution in [3.63, 3.8) is 0 Å². The van der Waals surface area contributed by atoms with Gasteiger partial charge < -0.3 is 49.6 Å². The smallest absolute Gasteiger partial charge is 0.408 e. The van der Waals surface area contributed by atoms with Crippen molar-refractivity contribution in [1.29, 1.82) is 0 Å². The number of amides is 1. The number of hydrogen-bond acceptors (Lipinski definition) is 12. The minimum Gasteiger partial charge on any atom is -0.458 e. The highest BCUT2D eigenvalue weighted by molar-refractivity contribution is 6.00. The summed E-state index contributed by atoms with van der Waals surface area (Å²) < 4.78 is 44.8. The van der Waals surface area contributed by atoms with Gasteiger partial charge in [-0.1, -0.05) is 32.9 Å². The summed E-state index contributed by atoms with van der Waals surface area (Å²) in [4.78, 5) is 42.5. The number of ether oxygens (including phenoxy) is 5. The van der Waals surface area contributed by atoms with Crippen molar-refractivity contribution < 1.29 is 47.6 Å². The number of likely N-dealkylation sites (N-methyl/N-ethyl adjacent to an activating group) is 1. The number of cyclic esters (lactones) is 1. The molecule has 14 heteroatoms. The van der Waals surface area contributed by atoms with Gasteiger partial charge in [-0.05, 0) is 98.1 Å². The number of carbonyl (C=O) groups excluding carboxylic acids is 3. The van der Waals surface area contributed by atoms with Gasteiger partial charge in [0.05, 0.1) is 23.9 Å². The number of halogens is 1. The first-order valence-electron chi connectivity index (χ1n) is 19.0. The highest BCUT2D eigenvalue weighted by atomic mass is 19.1. The SMILES string of the molecule is CC[C@H]1OC(=O)C(C)C(=O)[C@H](C)[C@@H](O[C@@H]2OC(CN[C@H](C)c3ccc(F)cc3)CC(N(C)C)C2O)[C@](C)(OC)C[C@@H](C)CN[C@H](C)[C@H]2NC(=O)O[C@@]21C. The molecule has 3 saturated heterocycles. The minimum absolute atomic E-state index is 0.0147. The lowest BCUT2D eigenvalue weighted by Gasteiger charge is -2.47. The van der Waals surface area contributed by atoms with E-state index in [0.29, 0.717) is 32.4 Å². The molecule has 0 saturated carbocycles. The number of aliphatic hydroxyl groups excluding tert-OH is 1. The molecule has 4 N–H and O–H groups in total. The van der Waals surface area contributed by atoms with E-state index >= 15 is 0 Å². The molecule has 0 bridgehead atoms. The van der Waals surface area contributed by atoms with Gasteiger partial charge in [0.15, 0.2) is 17.7 Å². The molecule has 3 fully saturated rings. The first-order chi connectivity index (χ1) is 24.8. The third kappa shape index (κ3) is 9.75. The molecule has 1 aromatic carbocycles. The Balaban J connectivity index is 1.64. The molecule has 53 heavy (non-hydrogen) atoms. The Bertz CT molecular complexity index is 1400. The lowest BCUT2D eigenvalue weighted by atomic mass is 9.78. The first-order valence-corrected chi connectivity index (χ1v) is 19.0. The van der Waals surface area contributed by atoms with Crippen molar-refractivity contribution >= 4 is 17.8 Å². The quantitative estimate of drug-likeness (QED) is 0.215. The van der Waals surface area contributed by atoms with Gasteiger partial charge >= 0.3 is 12.1 Å². The molecule has 4 rings (SSSR count). The maximum atomic E-state index is 14.3. The van der Waals surface area contributed by atoms with Gasteiger partial charge in [-0.15, -0.1) is 0 Å². The van der Waals surface area contributed by atoms with E-state index in [1.165, 1.54) is 19.1 Å². The van der Waals surface area contributed by atoms with Crippen LogP contribution in [-0.2, 0) is 33.3 Å². The second-order valence-electron chi connectivity index (χ2n) is 16.1. The number of carbonyl (C=O) groups is 3. The molecular formula is C39H63FN4O9. The molecule has 0 radical (unpaired) electrons. The normalized spacial score (nSPS) is 39.7. The molecular weight excluding hydrogens is 687 g/mol. The van der Waals surface area contributed by atoms with Crippen LogP contribution in [-0.4, -0.2) is 122 Å². The maximum Gasteiger partial charge on any atom is 0.408 e. The number of ketones is 1. The van der Waals surface area contributed by atoms with E-state index in [9.17, 15) is 23.9 Å². The zero-order chi connectivity index (χ0) is 39.4. The van der Waals surface area contributed by atoms with Gasteiger partial charge in [-0.2, -0.15) is 0 Å². The van der Waals surface area contributed by atoms with E-state index in [-0.39, 0.29) is 36.0 Å². The standard InChI is InChI=1S/C39H63FN4O9/c1-12-30-39(8)33(43-37(48)53-39)25(6)41-19-21(2)18-38(7,49-11)34(22(3)31(45)23(4)35(47)51-30)52-36-32(46)29(44(9)10)17-28(50-36)20-42-24(5)26-13-15-27(40)16-14-26/h13-16,21-25,28-30,32-34,36,41-42,46H,12,17-20H2,1-11H3,(H,43,48)/t21-,22+,23?,24-,25-,28?,29?,30-,32?,33-,34-,36+,38-,39-/m1/s1. The molecule has 300 valence electrons. The number of hydrogen-bond donors (Lipinski definition) is 4. The largest absolute Gasteiger partial charge is 0.458 e. The Morgan fingerprint density at radius 1 is 1.11 bits per heavy atom. The summed E-state index contributed by atoms with van der Waals surface area (Å²) in [7, 11) is 5.33. The Morgan fingerprint density at radius 2 is 1.77 bits per heavy atom. The first kappa shape index (κ1) is 43.0. The lowest BCUT2D eigenvalue weighted by Crippen LogP contribution is -2.60. The van der Waals surface area contributed by atoms with Crippen molar-refractivity contribution in [3.05, 3.63) is 35.6 Å². The summed E-state index contributed by atoms with van der Waals surface area (Å²) in [5, 5.41) is 21.6. The fourth-order valence-electron chi connectivity index (χ4n) is 8.33. The molecule has 13 nitrogen and oxygen atoms in total. The van der Waals surface area contributed by atoms with Crippen molar-refractivity contribution in [2.75, 3.05) is 34.3 Å². The van der Waals surface area contributed by atoms with Crippen LogP contribution < -0.4 is 16.0 Å². The topological polar surface area (TPSA) is 157 Å². The van der Waals surface area contributed by atoms with Gasteiger partial charge in [0.1, 0.15) is 23.9 Å². The van der Waals surface area contributed by atoms with Crippen molar-refractivity contribution in [2.45, 2.75) is 141 Å². The average Bonchev–Trinajstić information content (AvgIpc) is 3.44. The van der Waals surface area contributed by atoms with E-state index in [1.54, 1.807) is 33.1 Å². The van der Waals surface area contributed by atoms with Crippen LogP contribution in [0.15, 0.2) is 24.3 Å². The number of benzene rings is 1. The number of alkyl carbamates (subject to hydrolysis) is 1. The van der Waals surface area contributed by atoms with Crippen molar-refractivity contribution in [3.8, 4) is 0 Å². The molecule has 3 aliphatic rings. The van der Waals surface area contributed by atoms with Crippen LogP contribution in [0.25, 0.3) is 0 Å². The number of nitrogens with zero attached hydrogens (tertiary/aromatic N) is 1.